The van der Waals surface area contributed by atoms with E-state index in [2.05, 4.69) is 11.2 Å². The third-order valence-electron chi connectivity index (χ3n) is 4.18. The lowest BCUT2D eigenvalue weighted by Gasteiger charge is -2.21. The predicted molar refractivity (Wildman–Crippen MR) is 81.8 cm³/mol. The number of fused-ring (bicyclic) bond motifs is 1. The first-order valence-electron chi connectivity index (χ1n) is 7.42. The highest BCUT2D eigenvalue weighted by atomic mass is 16.5. The number of nitrogens with zero attached hydrogens (tertiary/aromatic N) is 2. The number of hydrogen-bond donors (Lipinski definition) is 0. The maximum absolute atomic E-state index is 12.7. The Morgan fingerprint density at radius 3 is 2.95 bits per heavy atom. The van der Waals surface area contributed by atoms with Crippen LogP contribution in [0.1, 0.15) is 34.9 Å². The lowest BCUT2D eigenvalue weighted by Crippen LogP contribution is -2.30. The van der Waals surface area contributed by atoms with Crippen LogP contribution in [0.25, 0.3) is 0 Å². The highest BCUT2D eigenvalue weighted by Gasteiger charge is 2.31. The molecule has 0 aliphatic heterocycles. The van der Waals surface area contributed by atoms with E-state index < -0.39 is 0 Å². The van der Waals surface area contributed by atoms with Gasteiger partial charge in [0.2, 0.25) is 5.91 Å². The summed E-state index contributed by atoms with van der Waals surface area (Å²) < 4.78 is 10.3. The molecule has 22 heavy (non-hydrogen) atoms. The highest BCUT2D eigenvalue weighted by molar-refractivity contribution is 5.85. The van der Waals surface area contributed by atoms with E-state index in [1.165, 1.54) is 5.56 Å². The molecule has 116 valence electrons. The van der Waals surface area contributed by atoms with Gasteiger partial charge in [-0.15, -0.1) is 0 Å². The summed E-state index contributed by atoms with van der Waals surface area (Å²) in [6, 6.07) is 7.85. The molecule has 0 saturated heterocycles. The average Bonchev–Trinajstić information content (AvgIpc) is 3.11. The Kier molecular flexibility index (Phi) is 3.88. The van der Waals surface area contributed by atoms with Crippen molar-refractivity contribution in [1.82, 2.24) is 10.1 Å². The van der Waals surface area contributed by atoms with Gasteiger partial charge in [0, 0.05) is 13.1 Å². The molecule has 1 aromatic carbocycles. The van der Waals surface area contributed by atoms with Crippen LogP contribution < -0.4 is 4.74 Å². The van der Waals surface area contributed by atoms with E-state index in [9.17, 15) is 4.79 Å². The van der Waals surface area contributed by atoms with Gasteiger partial charge in [-0.2, -0.15) is 0 Å². The molecule has 0 fully saturated rings. The lowest BCUT2D eigenvalue weighted by atomic mass is 9.99. The van der Waals surface area contributed by atoms with Crippen LogP contribution in [0.5, 0.6) is 5.75 Å². The number of carbonyl (C=O) groups is 1. The van der Waals surface area contributed by atoms with Crippen molar-refractivity contribution in [2.24, 2.45) is 0 Å². The largest absolute Gasteiger partial charge is 0.497 e. The van der Waals surface area contributed by atoms with Gasteiger partial charge in [-0.1, -0.05) is 11.2 Å². The van der Waals surface area contributed by atoms with Crippen molar-refractivity contribution in [2.45, 2.75) is 32.2 Å². The zero-order valence-corrected chi connectivity index (χ0v) is 13.1. The highest BCUT2D eigenvalue weighted by Crippen LogP contribution is 2.36. The monoisotopic (exact) mass is 300 g/mol. The van der Waals surface area contributed by atoms with Crippen LogP contribution in [0.3, 0.4) is 0 Å². The summed E-state index contributed by atoms with van der Waals surface area (Å²) in [7, 11) is 3.46. The topological polar surface area (TPSA) is 55.6 Å². The summed E-state index contributed by atoms with van der Waals surface area (Å²) in [5.41, 5.74) is 3.11. The van der Waals surface area contributed by atoms with Gasteiger partial charge in [0.25, 0.3) is 0 Å². The normalized spacial score (nSPS) is 16.4. The van der Waals surface area contributed by atoms with Crippen LogP contribution in [0, 0.1) is 6.92 Å². The summed E-state index contributed by atoms with van der Waals surface area (Å²) in [6.45, 7) is 2.31. The molecule has 1 heterocycles. The zero-order valence-electron chi connectivity index (χ0n) is 13.1. The number of rotatable bonds is 4. The molecule has 3 rings (SSSR count). The molecule has 0 saturated carbocycles. The number of aryl methyl sites for hydroxylation is 2. The minimum absolute atomic E-state index is 0.0944. The van der Waals surface area contributed by atoms with E-state index in [1.807, 2.05) is 32.2 Å². The molecule has 5 nitrogen and oxygen atoms in total. The second-order valence-corrected chi connectivity index (χ2v) is 5.78. The molecule has 0 bridgehead atoms. The number of ether oxygens (including phenoxy) is 1. The molecule has 2 aromatic rings. The first-order chi connectivity index (χ1) is 10.6. The standard InChI is InChI=1S/C17H20N2O3/c1-11-8-13(18-22-11)10-19(2)17(20)15-7-5-12-4-6-14(21-3)9-16(12)15/h4,6,8-9,15H,5,7,10H2,1-3H3. The molecule has 1 aromatic heterocycles. The van der Waals surface area contributed by atoms with Crippen molar-refractivity contribution in [3.8, 4) is 5.75 Å². The maximum Gasteiger partial charge on any atom is 0.230 e. The zero-order chi connectivity index (χ0) is 15.7. The maximum atomic E-state index is 12.7. The Morgan fingerprint density at radius 2 is 2.27 bits per heavy atom. The fraction of sp³-hybridized carbons (Fsp3) is 0.412. The number of amides is 1. The van der Waals surface area contributed by atoms with Crippen LogP contribution in [-0.4, -0.2) is 30.1 Å². The van der Waals surface area contributed by atoms with Gasteiger partial charge in [0.1, 0.15) is 17.2 Å². The van der Waals surface area contributed by atoms with Gasteiger partial charge >= 0.3 is 0 Å². The van der Waals surface area contributed by atoms with E-state index in [0.717, 1.165) is 35.6 Å². The van der Waals surface area contributed by atoms with Crippen LogP contribution in [0.4, 0.5) is 0 Å². The van der Waals surface area contributed by atoms with Crippen LogP contribution in [0.2, 0.25) is 0 Å². The van der Waals surface area contributed by atoms with Crippen LogP contribution >= 0.6 is 0 Å². The van der Waals surface area contributed by atoms with Crippen molar-refractivity contribution in [3.63, 3.8) is 0 Å². The Balaban J connectivity index is 1.76. The fourth-order valence-electron chi connectivity index (χ4n) is 3.04. The summed E-state index contributed by atoms with van der Waals surface area (Å²) in [4.78, 5) is 14.5. The molecule has 1 aliphatic carbocycles. The number of hydrogen-bond acceptors (Lipinski definition) is 4. The molecule has 0 spiro atoms. The number of benzene rings is 1. The molecule has 1 atom stereocenters. The van der Waals surface area contributed by atoms with Crippen molar-refractivity contribution in [1.29, 1.82) is 0 Å². The molecule has 5 heteroatoms. The number of methoxy groups -OCH3 is 1. The smallest absolute Gasteiger partial charge is 0.230 e. The minimum atomic E-state index is -0.0944. The third kappa shape index (κ3) is 2.71. The Morgan fingerprint density at radius 1 is 1.45 bits per heavy atom. The SMILES string of the molecule is COc1ccc2c(c1)C(C(=O)N(C)Cc1cc(C)on1)CC2. The summed E-state index contributed by atoms with van der Waals surface area (Å²) in [5.74, 6) is 1.58. The quantitative estimate of drug-likeness (QED) is 0.871. The summed E-state index contributed by atoms with van der Waals surface area (Å²) >= 11 is 0. The second kappa shape index (κ2) is 5.83. The molecule has 0 N–H and O–H groups in total. The number of aromatic nitrogens is 1. The van der Waals surface area contributed by atoms with Gasteiger partial charge in [0.15, 0.2) is 0 Å². The van der Waals surface area contributed by atoms with E-state index in [0.29, 0.717) is 6.54 Å². The van der Waals surface area contributed by atoms with E-state index >= 15 is 0 Å². The average molecular weight is 300 g/mol. The van der Waals surface area contributed by atoms with Gasteiger partial charge < -0.3 is 14.2 Å². The van der Waals surface area contributed by atoms with Crippen molar-refractivity contribution >= 4 is 5.91 Å². The minimum Gasteiger partial charge on any atom is -0.497 e. The van der Waals surface area contributed by atoms with Gasteiger partial charge in [-0.3, -0.25) is 4.79 Å². The fourth-order valence-corrected chi connectivity index (χ4v) is 3.04. The number of likely N-dealkylation sites (N-methyl/N-ethyl adjacent to an activating group) is 1. The van der Waals surface area contributed by atoms with Crippen molar-refractivity contribution in [2.75, 3.05) is 14.2 Å². The van der Waals surface area contributed by atoms with Crippen molar-refractivity contribution in [3.05, 3.63) is 46.8 Å². The third-order valence-corrected chi connectivity index (χ3v) is 4.18. The van der Waals surface area contributed by atoms with E-state index in [4.69, 9.17) is 9.26 Å². The van der Waals surface area contributed by atoms with Crippen LogP contribution in [-0.2, 0) is 17.8 Å². The number of carbonyl (C=O) groups excluding carboxylic acids is 1. The Bertz CT molecular complexity index is 693. The lowest BCUT2D eigenvalue weighted by molar-refractivity contribution is -0.132. The van der Waals surface area contributed by atoms with Gasteiger partial charge in [-0.25, -0.2) is 0 Å². The summed E-state index contributed by atoms with van der Waals surface area (Å²) in [5, 5.41) is 3.95. The predicted octanol–water partition coefficient (Wildman–Crippen LogP) is 2.68. The molecule has 0 radical (unpaired) electrons. The van der Waals surface area contributed by atoms with Crippen molar-refractivity contribution < 1.29 is 14.1 Å². The molecule has 1 aliphatic rings. The van der Waals surface area contributed by atoms with Gasteiger partial charge in [0.05, 0.1) is 19.6 Å². The molecular formula is C17H20N2O3. The molecule has 1 unspecified atom stereocenters. The Hall–Kier alpha value is -2.30. The summed E-state index contributed by atoms with van der Waals surface area (Å²) in [6.07, 6.45) is 1.79. The van der Waals surface area contributed by atoms with E-state index in [-0.39, 0.29) is 11.8 Å². The Labute approximate surface area is 129 Å². The molecule has 1 amide bonds. The second-order valence-electron chi connectivity index (χ2n) is 5.78. The first kappa shape index (κ1) is 14.6. The van der Waals surface area contributed by atoms with Crippen LogP contribution in [0.15, 0.2) is 28.8 Å². The van der Waals surface area contributed by atoms with Gasteiger partial charge in [-0.05, 0) is 43.0 Å². The molecular weight excluding hydrogens is 280 g/mol. The van der Waals surface area contributed by atoms with E-state index in [1.54, 1.807) is 12.0 Å². The first-order valence-corrected chi connectivity index (χ1v) is 7.42.